The molecule has 2 saturated heterocycles. The van der Waals surface area contributed by atoms with Gasteiger partial charge in [-0.15, -0.1) is 0 Å². The number of benzene rings is 1. The van der Waals surface area contributed by atoms with Crippen LogP contribution in [0.5, 0.6) is 0 Å². The van der Waals surface area contributed by atoms with Gasteiger partial charge in [0.25, 0.3) is 0 Å². The number of ether oxygens (including phenoxy) is 1. The molecule has 1 atom stereocenters. The molecule has 1 N–H and O–H groups in total. The van der Waals surface area contributed by atoms with E-state index >= 15 is 0 Å². The zero-order valence-corrected chi connectivity index (χ0v) is 14.2. The predicted molar refractivity (Wildman–Crippen MR) is 92.6 cm³/mol. The number of hydrogen-bond acceptors (Lipinski definition) is 4. The molecule has 0 radical (unpaired) electrons. The molecule has 1 aromatic rings. The molecule has 0 bridgehead atoms. The maximum atomic E-state index is 12.2. The van der Waals surface area contributed by atoms with Gasteiger partial charge in [-0.3, -0.25) is 4.79 Å². The average molecular weight is 331 g/mol. The van der Waals surface area contributed by atoms with E-state index in [0.29, 0.717) is 19.6 Å². The summed E-state index contributed by atoms with van der Waals surface area (Å²) in [6.45, 7) is 5.98. The molecule has 2 aliphatic rings. The van der Waals surface area contributed by atoms with Crippen molar-refractivity contribution in [2.75, 3.05) is 44.2 Å². The summed E-state index contributed by atoms with van der Waals surface area (Å²) in [4.78, 5) is 27.7. The van der Waals surface area contributed by atoms with Crippen LogP contribution in [-0.2, 0) is 4.74 Å². The first kappa shape index (κ1) is 16.8. The Morgan fingerprint density at radius 1 is 1.17 bits per heavy atom. The predicted octanol–water partition coefficient (Wildman–Crippen LogP) is 1.90. The van der Waals surface area contributed by atoms with Crippen molar-refractivity contribution >= 4 is 17.5 Å². The van der Waals surface area contributed by atoms with Crippen LogP contribution in [0.15, 0.2) is 24.3 Å². The van der Waals surface area contributed by atoms with Crippen LogP contribution in [0.2, 0.25) is 0 Å². The molecule has 6 nitrogen and oxygen atoms in total. The lowest BCUT2D eigenvalue weighted by atomic mass is 10.1. The van der Waals surface area contributed by atoms with Gasteiger partial charge < -0.3 is 19.9 Å². The van der Waals surface area contributed by atoms with Gasteiger partial charge in [-0.25, -0.2) is 4.79 Å². The van der Waals surface area contributed by atoms with E-state index < -0.39 is 0 Å². The molecule has 6 heteroatoms. The highest BCUT2D eigenvalue weighted by molar-refractivity contribution is 5.94. The first-order chi connectivity index (χ1) is 11.6. The Morgan fingerprint density at radius 3 is 2.46 bits per heavy atom. The fourth-order valence-corrected chi connectivity index (χ4v) is 3.19. The number of rotatable bonds is 4. The molecule has 2 fully saturated rings. The molecular formula is C18H25N3O3. The lowest BCUT2D eigenvalue weighted by molar-refractivity contribution is 0.101. The van der Waals surface area contributed by atoms with Crippen LogP contribution in [0.25, 0.3) is 0 Å². The highest BCUT2D eigenvalue weighted by Crippen LogP contribution is 2.18. The topological polar surface area (TPSA) is 61.9 Å². The highest BCUT2D eigenvalue weighted by Gasteiger charge is 2.23. The number of carbonyl (C=O) groups excluding carboxylic acids is 2. The van der Waals surface area contributed by atoms with Crippen LogP contribution in [0.4, 0.5) is 10.5 Å². The molecule has 0 saturated carbocycles. The van der Waals surface area contributed by atoms with Gasteiger partial charge in [-0.1, -0.05) is 0 Å². The summed E-state index contributed by atoms with van der Waals surface area (Å²) in [6.07, 6.45) is 2.29. The van der Waals surface area contributed by atoms with Crippen molar-refractivity contribution in [2.24, 2.45) is 0 Å². The summed E-state index contributed by atoms with van der Waals surface area (Å²) in [5.41, 5.74) is 1.82. The Kier molecular flexibility index (Phi) is 5.35. The van der Waals surface area contributed by atoms with Gasteiger partial charge in [0, 0.05) is 50.6 Å². The van der Waals surface area contributed by atoms with Gasteiger partial charge in [-0.05, 0) is 44.0 Å². The molecule has 0 aromatic heterocycles. The van der Waals surface area contributed by atoms with Crippen LogP contribution in [0.1, 0.15) is 30.1 Å². The number of anilines is 1. The van der Waals surface area contributed by atoms with Gasteiger partial charge in [-0.2, -0.15) is 0 Å². The maximum Gasteiger partial charge on any atom is 0.317 e. The van der Waals surface area contributed by atoms with E-state index in [1.165, 1.54) is 0 Å². The first-order valence-corrected chi connectivity index (χ1v) is 8.64. The van der Waals surface area contributed by atoms with Crippen molar-refractivity contribution in [2.45, 2.75) is 25.9 Å². The summed E-state index contributed by atoms with van der Waals surface area (Å²) in [5.74, 6) is 0.0780. The molecule has 0 aliphatic carbocycles. The molecule has 24 heavy (non-hydrogen) atoms. The third-order valence-corrected chi connectivity index (χ3v) is 4.71. The number of hydrogen-bond donors (Lipinski definition) is 1. The molecule has 1 aromatic carbocycles. The lowest BCUT2D eigenvalue weighted by Crippen LogP contribution is -2.52. The van der Waals surface area contributed by atoms with E-state index in [0.717, 1.165) is 43.8 Å². The summed E-state index contributed by atoms with van der Waals surface area (Å²) >= 11 is 0. The zero-order chi connectivity index (χ0) is 16.9. The number of carbonyl (C=O) groups is 2. The van der Waals surface area contributed by atoms with Crippen molar-refractivity contribution in [3.63, 3.8) is 0 Å². The molecule has 130 valence electrons. The van der Waals surface area contributed by atoms with E-state index in [2.05, 4.69) is 10.2 Å². The lowest BCUT2D eigenvalue weighted by Gasteiger charge is -2.36. The van der Waals surface area contributed by atoms with E-state index in [1.807, 2.05) is 29.2 Å². The summed E-state index contributed by atoms with van der Waals surface area (Å²) in [7, 11) is 0. The van der Waals surface area contributed by atoms with Crippen LogP contribution in [-0.4, -0.2) is 62.1 Å². The smallest absolute Gasteiger partial charge is 0.317 e. The van der Waals surface area contributed by atoms with Crippen molar-refractivity contribution in [3.05, 3.63) is 29.8 Å². The molecule has 2 aliphatic heterocycles. The van der Waals surface area contributed by atoms with E-state index in [9.17, 15) is 9.59 Å². The van der Waals surface area contributed by atoms with E-state index in [4.69, 9.17) is 4.74 Å². The Bertz CT molecular complexity index is 574. The Balaban J connectivity index is 1.46. The highest BCUT2D eigenvalue weighted by atomic mass is 16.5. The quantitative estimate of drug-likeness (QED) is 0.856. The van der Waals surface area contributed by atoms with Crippen molar-refractivity contribution in [1.29, 1.82) is 0 Å². The average Bonchev–Trinajstić information content (AvgIpc) is 3.13. The number of amides is 2. The normalized spacial score (nSPS) is 21.0. The van der Waals surface area contributed by atoms with Gasteiger partial charge in [0.1, 0.15) is 0 Å². The minimum absolute atomic E-state index is 0.00271. The second kappa shape index (κ2) is 7.66. The number of Topliss-reactive ketones (excluding diaryl/α,β-unsaturated/α-hetero) is 1. The number of nitrogens with one attached hydrogen (secondary N) is 1. The SMILES string of the molecule is CC(=O)c1ccc(N2CCN(C(=O)NCC3CCCO3)CC2)cc1. The largest absolute Gasteiger partial charge is 0.376 e. The second-order valence-corrected chi connectivity index (χ2v) is 6.40. The van der Waals surface area contributed by atoms with Crippen LogP contribution in [0, 0.1) is 0 Å². The van der Waals surface area contributed by atoms with Gasteiger partial charge in [0.15, 0.2) is 5.78 Å². The minimum Gasteiger partial charge on any atom is -0.376 e. The number of ketones is 1. The fraction of sp³-hybridized carbons (Fsp3) is 0.556. The molecular weight excluding hydrogens is 306 g/mol. The molecule has 2 heterocycles. The number of urea groups is 1. The maximum absolute atomic E-state index is 12.2. The van der Waals surface area contributed by atoms with Gasteiger partial charge in [0.05, 0.1) is 6.10 Å². The molecule has 0 spiro atoms. The van der Waals surface area contributed by atoms with Gasteiger partial charge in [0.2, 0.25) is 0 Å². The molecule has 2 amide bonds. The standard InChI is InChI=1S/C18H25N3O3/c1-14(22)15-4-6-16(7-5-15)20-8-10-21(11-9-20)18(23)19-13-17-3-2-12-24-17/h4-7,17H,2-3,8-13H2,1H3,(H,19,23). The van der Waals surface area contributed by atoms with Crippen molar-refractivity contribution < 1.29 is 14.3 Å². The third-order valence-electron chi connectivity index (χ3n) is 4.71. The van der Waals surface area contributed by atoms with Crippen molar-refractivity contribution in [3.8, 4) is 0 Å². The van der Waals surface area contributed by atoms with E-state index in [1.54, 1.807) is 6.92 Å². The van der Waals surface area contributed by atoms with Gasteiger partial charge >= 0.3 is 6.03 Å². The Hall–Kier alpha value is -2.08. The molecule has 1 unspecified atom stereocenters. The monoisotopic (exact) mass is 331 g/mol. The number of piperazine rings is 1. The summed E-state index contributed by atoms with van der Waals surface area (Å²) in [5, 5.41) is 2.97. The third kappa shape index (κ3) is 4.06. The minimum atomic E-state index is -0.00271. The zero-order valence-electron chi connectivity index (χ0n) is 14.2. The van der Waals surface area contributed by atoms with E-state index in [-0.39, 0.29) is 17.9 Å². The number of nitrogens with zero attached hydrogens (tertiary/aromatic N) is 2. The van der Waals surface area contributed by atoms with Crippen LogP contribution < -0.4 is 10.2 Å². The second-order valence-electron chi connectivity index (χ2n) is 6.40. The summed E-state index contributed by atoms with van der Waals surface area (Å²) in [6, 6.07) is 7.67. The first-order valence-electron chi connectivity index (χ1n) is 8.64. The van der Waals surface area contributed by atoms with Crippen molar-refractivity contribution in [1.82, 2.24) is 10.2 Å². The van der Waals surface area contributed by atoms with Crippen LogP contribution in [0.3, 0.4) is 0 Å². The molecule has 3 rings (SSSR count). The van der Waals surface area contributed by atoms with Crippen LogP contribution >= 0.6 is 0 Å². The Morgan fingerprint density at radius 2 is 1.88 bits per heavy atom. The summed E-state index contributed by atoms with van der Waals surface area (Å²) < 4.78 is 5.53. The fourth-order valence-electron chi connectivity index (χ4n) is 3.19. The Labute approximate surface area is 142 Å².